The zero-order valence-corrected chi connectivity index (χ0v) is 15.8. The van der Waals surface area contributed by atoms with Gasteiger partial charge in [-0.2, -0.15) is 0 Å². The predicted octanol–water partition coefficient (Wildman–Crippen LogP) is 3.75. The van der Waals surface area contributed by atoms with Crippen LogP contribution in [-0.2, 0) is 4.74 Å². The van der Waals surface area contributed by atoms with E-state index in [0.29, 0.717) is 5.56 Å². The number of thiazole rings is 1. The van der Waals surface area contributed by atoms with Crippen molar-refractivity contribution < 1.29 is 9.53 Å². The van der Waals surface area contributed by atoms with Crippen LogP contribution >= 0.6 is 11.3 Å². The number of rotatable bonds is 4. The van der Waals surface area contributed by atoms with E-state index < -0.39 is 0 Å². The fourth-order valence-electron chi connectivity index (χ4n) is 3.19. The Morgan fingerprint density at radius 3 is 2.65 bits per heavy atom. The topological polar surface area (TPSA) is 46.8 Å². The molecule has 2 aromatic heterocycles. The minimum absolute atomic E-state index is 0.000158. The van der Waals surface area contributed by atoms with Crippen molar-refractivity contribution in [3.63, 3.8) is 0 Å². The molecule has 1 aliphatic rings. The molecule has 0 spiro atoms. The van der Waals surface area contributed by atoms with Crippen molar-refractivity contribution in [3.8, 4) is 0 Å². The second kappa shape index (κ2) is 7.05. The molecular formula is C20H21N3O2S. The predicted molar refractivity (Wildman–Crippen MR) is 105 cm³/mol. The summed E-state index contributed by atoms with van der Waals surface area (Å²) in [7, 11) is 0. The third-order valence-corrected chi connectivity index (χ3v) is 5.48. The fourth-order valence-corrected chi connectivity index (χ4v) is 4.07. The normalized spacial score (nSPS) is 15.2. The smallest absolute Gasteiger partial charge is 0.194 e. The Hall–Kier alpha value is -2.44. The van der Waals surface area contributed by atoms with Crippen LogP contribution in [0.15, 0.2) is 36.5 Å². The highest BCUT2D eigenvalue weighted by Gasteiger charge is 2.12. The molecule has 0 radical (unpaired) electrons. The van der Waals surface area contributed by atoms with Gasteiger partial charge in [0.15, 0.2) is 10.7 Å². The quantitative estimate of drug-likeness (QED) is 0.520. The van der Waals surface area contributed by atoms with Gasteiger partial charge in [-0.3, -0.25) is 9.20 Å². The van der Waals surface area contributed by atoms with Crippen LogP contribution in [0.5, 0.6) is 0 Å². The lowest BCUT2D eigenvalue weighted by atomic mass is 10.1. The number of carbonyl (C=O) groups is 1. The molecule has 3 aromatic rings. The van der Waals surface area contributed by atoms with Crippen molar-refractivity contribution in [2.45, 2.75) is 13.8 Å². The van der Waals surface area contributed by atoms with Crippen LogP contribution in [0.25, 0.3) is 11.0 Å². The summed E-state index contributed by atoms with van der Waals surface area (Å²) in [5.41, 5.74) is 3.72. The number of morpholine rings is 1. The minimum Gasteiger partial charge on any atom is -0.378 e. The lowest BCUT2D eigenvalue weighted by Crippen LogP contribution is -2.36. The zero-order valence-electron chi connectivity index (χ0n) is 14.9. The molecule has 0 bridgehead atoms. The number of anilines is 1. The van der Waals surface area contributed by atoms with Crippen molar-refractivity contribution in [2.75, 3.05) is 31.2 Å². The molecule has 0 atom stereocenters. The number of carbonyl (C=O) groups excluding carboxylic acids is 1. The fraction of sp³-hybridized carbons (Fsp3) is 0.300. The molecule has 3 heterocycles. The van der Waals surface area contributed by atoms with Crippen LogP contribution in [0.2, 0.25) is 0 Å². The molecule has 0 aliphatic carbocycles. The molecule has 1 fully saturated rings. The van der Waals surface area contributed by atoms with Crippen LogP contribution in [-0.4, -0.2) is 41.5 Å². The van der Waals surface area contributed by atoms with Gasteiger partial charge in [0, 0.05) is 35.4 Å². The molecule has 6 heteroatoms. The molecule has 26 heavy (non-hydrogen) atoms. The molecule has 5 nitrogen and oxygen atoms in total. The number of aryl methyl sites for hydroxylation is 2. The largest absolute Gasteiger partial charge is 0.378 e. The zero-order chi connectivity index (χ0) is 18.1. The lowest BCUT2D eigenvalue weighted by molar-refractivity contribution is 0.104. The van der Waals surface area contributed by atoms with Gasteiger partial charge in [-0.25, -0.2) is 4.98 Å². The number of aromatic nitrogens is 2. The highest BCUT2D eigenvalue weighted by molar-refractivity contribution is 7.17. The van der Waals surface area contributed by atoms with Gasteiger partial charge in [0.1, 0.15) is 0 Å². The summed E-state index contributed by atoms with van der Waals surface area (Å²) in [4.78, 5) is 21.5. The van der Waals surface area contributed by atoms with E-state index in [1.165, 1.54) is 4.88 Å². The van der Waals surface area contributed by atoms with Gasteiger partial charge in [0.05, 0.1) is 24.6 Å². The molecule has 1 aromatic carbocycles. The number of benzene rings is 1. The SMILES string of the molecule is Cc1cn2c(C=CC(=O)c3ccc(N4CCOCC4)cc3)c(C)nc2s1. The molecular weight excluding hydrogens is 346 g/mol. The first-order chi connectivity index (χ1) is 12.6. The highest BCUT2D eigenvalue weighted by Crippen LogP contribution is 2.22. The van der Waals surface area contributed by atoms with Gasteiger partial charge in [0.25, 0.3) is 0 Å². The molecule has 4 rings (SSSR count). The first-order valence-corrected chi connectivity index (χ1v) is 9.54. The van der Waals surface area contributed by atoms with Gasteiger partial charge in [-0.1, -0.05) is 0 Å². The van der Waals surface area contributed by atoms with E-state index in [9.17, 15) is 4.79 Å². The van der Waals surface area contributed by atoms with Crippen LogP contribution in [0.3, 0.4) is 0 Å². The Kier molecular flexibility index (Phi) is 4.61. The molecule has 1 aliphatic heterocycles. The Balaban J connectivity index is 1.52. The number of ether oxygens (including phenoxy) is 1. The third-order valence-electron chi connectivity index (χ3n) is 4.58. The highest BCUT2D eigenvalue weighted by atomic mass is 32.1. The van der Waals surface area contributed by atoms with Crippen LogP contribution in [0.4, 0.5) is 5.69 Å². The van der Waals surface area contributed by atoms with Crippen LogP contribution < -0.4 is 4.90 Å². The van der Waals surface area contributed by atoms with Gasteiger partial charge in [0.2, 0.25) is 0 Å². The van der Waals surface area contributed by atoms with E-state index in [1.807, 2.05) is 41.7 Å². The summed E-state index contributed by atoms with van der Waals surface area (Å²) >= 11 is 1.65. The van der Waals surface area contributed by atoms with Crippen molar-refractivity contribution in [2.24, 2.45) is 0 Å². The van der Waals surface area contributed by atoms with E-state index in [-0.39, 0.29) is 5.78 Å². The van der Waals surface area contributed by atoms with Gasteiger partial charge >= 0.3 is 0 Å². The van der Waals surface area contributed by atoms with Gasteiger partial charge in [-0.05, 0) is 50.3 Å². The summed E-state index contributed by atoms with van der Waals surface area (Å²) in [6.07, 6.45) is 5.55. The number of ketones is 1. The number of nitrogens with zero attached hydrogens (tertiary/aromatic N) is 3. The molecule has 0 N–H and O–H groups in total. The second-order valence-electron chi connectivity index (χ2n) is 6.42. The van der Waals surface area contributed by atoms with E-state index in [1.54, 1.807) is 17.4 Å². The number of fused-ring (bicyclic) bond motifs is 1. The molecule has 0 amide bonds. The summed E-state index contributed by atoms with van der Waals surface area (Å²) in [5.74, 6) is -0.000158. The summed E-state index contributed by atoms with van der Waals surface area (Å²) in [6.45, 7) is 7.32. The van der Waals surface area contributed by atoms with E-state index >= 15 is 0 Å². The van der Waals surface area contributed by atoms with Crippen molar-refractivity contribution >= 4 is 33.8 Å². The van der Waals surface area contributed by atoms with Crippen molar-refractivity contribution in [3.05, 3.63) is 58.4 Å². The molecule has 0 saturated carbocycles. The summed E-state index contributed by atoms with van der Waals surface area (Å²) < 4.78 is 7.42. The van der Waals surface area contributed by atoms with Crippen molar-refractivity contribution in [1.29, 1.82) is 0 Å². The third kappa shape index (κ3) is 3.30. The second-order valence-corrected chi connectivity index (χ2v) is 7.63. The maximum atomic E-state index is 12.5. The van der Waals surface area contributed by atoms with E-state index in [0.717, 1.165) is 48.3 Å². The maximum Gasteiger partial charge on any atom is 0.194 e. The number of imidazole rings is 1. The number of hydrogen-bond donors (Lipinski definition) is 0. The van der Waals surface area contributed by atoms with Crippen molar-refractivity contribution in [1.82, 2.24) is 9.38 Å². The minimum atomic E-state index is -0.000158. The van der Waals surface area contributed by atoms with Gasteiger partial charge in [-0.15, -0.1) is 11.3 Å². The average Bonchev–Trinajstić information content (AvgIpc) is 3.15. The molecule has 1 saturated heterocycles. The maximum absolute atomic E-state index is 12.5. The van der Waals surface area contributed by atoms with E-state index in [2.05, 4.69) is 23.0 Å². The standard InChI is InChI=1S/C20H21N3O2S/c1-14-13-23-18(15(2)21-20(23)26-14)7-8-19(24)16-3-5-17(6-4-16)22-9-11-25-12-10-22/h3-8,13H,9-12H2,1-2H3. The van der Waals surface area contributed by atoms with Gasteiger partial charge < -0.3 is 9.64 Å². The molecule has 0 unspecified atom stereocenters. The first kappa shape index (κ1) is 17.0. The average molecular weight is 367 g/mol. The van der Waals surface area contributed by atoms with Crippen LogP contribution in [0, 0.1) is 13.8 Å². The van der Waals surface area contributed by atoms with Crippen LogP contribution in [0.1, 0.15) is 26.6 Å². The Labute approximate surface area is 156 Å². The Bertz CT molecular complexity index is 963. The summed E-state index contributed by atoms with van der Waals surface area (Å²) in [6, 6.07) is 7.81. The molecule has 134 valence electrons. The summed E-state index contributed by atoms with van der Waals surface area (Å²) in [5, 5.41) is 0. The lowest BCUT2D eigenvalue weighted by Gasteiger charge is -2.28. The Morgan fingerprint density at radius 2 is 1.92 bits per heavy atom. The first-order valence-electron chi connectivity index (χ1n) is 8.72. The number of allylic oxidation sites excluding steroid dienone is 1. The number of hydrogen-bond acceptors (Lipinski definition) is 5. The monoisotopic (exact) mass is 367 g/mol. The van der Waals surface area contributed by atoms with E-state index in [4.69, 9.17) is 4.74 Å². The Morgan fingerprint density at radius 1 is 1.19 bits per heavy atom.